The minimum atomic E-state index is -0.00504. The van der Waals surface area contributed by atoms with E-state index in [4.69, 9.17) is 9.51 Å². The summed E-state index contributed by atoms with van der Waals surface area (Å²) in [6, 6.07) is 3.95. The standard InChI is InChI=1S/C20H22N4O2S/c1-12-18(13(2)26-24-12)20-23-16-11-15(3-4-17(16)27-20)19(25)22-10-7-14-5-8-21-9-6-14/h5-6,8-9,15H,3-4,7,10-11H2,1-2H3,(H,22,25). The van der Waals surface area contributed by atoms with Crippen LogP contribution in [0.25, 0.3) is 10.6 Å². The molecule has 27 heavy (non-hydrogen) atoms. The number of rotatable bonds is 5. The van der Waals surface area contributed by atoms with E-state index in [0.29, 0.717) is 13.0 Å². The highest BCUT2D eigenvalue weighted by molar-refractivity contribution is 7.15. The smallest absolute Gasteiger partial charge is 0.223 e. The fourth-order valence-corrected chi connectivity index (χ4v) is 4.77. The lowest BCUT2D eigenvalue weighted by atomic mass is 9.90. The second kappa shape index (κ2) is 7.60. The molecule has 4 rings (SSSR count). The van der Waals surface area contributed by atoms with Gasteiger partial charge in [0.2, 0.25) is 5.91 Å². The van der Waals surface area contributed by atoms with E-state index >= 15 is 0 Å². The first-order valence-electron chi connectivity index (χ1n) is 9.20. The van der Waals surface area contributed by atoms with Crippen molar-refractivity contribution in [2.24, 2.45) is 5.92 Å². The van der Waals surface area contributed by atoms with Gasteiger partial charge >= 0.3 is 0 Å². The van der Waals surface area contributed by atoms with Crippen LogP contribution in [-0.4, -0.2) is 27.6 Å². The van der Waals surface area contributed by atoms with E-state index in [1.807, 2.05) is 26.0 Å². The maximum absolute atomic E-state index is 12.6. The minimum absolute atomic E-state index is 0.00504. The number of pyridine rings is 1. The highest BCUT2D eigenvalue weighted by atomic mass is 32.1. The third-order valence-electron chi connectivity index (χ3n) is 5.02. The van der Waals surface area contributed by atoms with Crippen molar-refractivity contribution in [3.63, 3.8) is 0 Å². The molecule has 0 saturated heterocycles. The summed E-state index contributed by atoms with van der Waals surface area (Å²) < 4.78 is 5.27. The third kappa shape index (κ3) is 3.78. The predicted octanol–water partition coefficient (Wildman–Crippen LogP) is 3.27. The molecule has 0 aliphatic heterocycles. The average molecular weight is 382 g/mol. The van der Waals surface area contributed by atoms with Crippen molar-refractivity contribution in [1.82, 2.24) is 20.4 Å². The lowest BCUT2D eigenvalue weighted by molar-refractivity contribution is -0.125. The SMILES string of the molecule is Cc1noc(C)c1-c1nc2c(s1)CCC(C(=O)NCCc1ccncc1)C2. The van der Waals surface area contributed by atoms with E-state index in [1.165, 1.54) is 10.4 Å². The number of aryl methyl sites for hydroxylation is 3. The van der Waals surface area contributed by atoms with Crippen LogP contribution in [0.5, 0.6) is 0 Å². The fourth-order valence-electron chi connectivity index (χ4n) is 3.52. The van der Waals surface area contributed by atoms with Crippen LogP contribution < -0.4 is 5.32 Å². The lowest BCUT2D eigenvalue weighted by Crippen LogP contribution is -2.35. The molecular weight excluding hydrogens is 360 g/mol. The summed E-state index contributed by atoms with van der Waals surface area (Å²) in [4.78, 5) is 22.7. The molecule has 0 radical (unpaired) electrons. The Morgan fingerprint density at radius 3 is 2.89 bits per heavy atom. The molecule has 1 aliphatic rings. The van der Waals surface area contributed by atoms with E-state index in [0.717, 1.165) is 47.0 Å². The van der Waals surface area contributed by atoms with Crippen molar-refractivity contribution < 1.29 is 9.32 Å². The molecule has 7 heteroatoms. The van der Waals surface area contributed by atoms with Crippen molar-refractivity contribution >= 4 is 17.2 Å². The zero-order valence-corrected chi connectivity index (χ0v) is 16.3. The Labute approximate surface area is 162 Å². The van der Waals surface area contributed by atoms with Gasteiger partial charge in [-0.05, 0) is 50.8 Å². The number of hydrogen-bond acceptors (Lipinski definition) is 6. The van der Waals surface area contributed by atoms with E-state index in [2.05, 4.69) is 15.5 Å². The predicted molar refractivity (Wildman–Crippen MR) is 104 cm³/mol. The van der Waals surface area contributed by atoms with E-state index in [-0.39, 0.29) is 11.8 Å². The van der Waals surface area contributed by atoms with Crippen molar-refractivity contribution in [2.75, 3.05) is 6.54 Å². The minimum Gasteiger partial charge on any atom is -0.361 e. The Morgan fingerprint density at radius 1 is 1.33 bits per heavy atom. The average Bonchev–Trinajstić information content (AvgIpc) is 3.24. The molecule has 0 fully saturated rings. The van der Waals surface area contributed by atoms with Crippen LogP contribution in [-0.2, 0) is 24.1 Å². The van der Waals surface area contributed by atoms with Gasteiger partial charge < -0.3 is 9.84 Å². The number of nitrogens with zero attached hydrogens (tertiary/aromatic N) is 3. The first kappa shape index (κ1) is 17.9. The Balaban J connectivity index is 1.39. The lowest BCUT2D eigenvalue weighted by Gasteiger charge is -2.20. The first-order chi connectivity index (χ1) is 13.1. The molecule has 1 unspecified atom stereocenters. The summed E-state index contributed by atoms with van der Waals surface area (Å²) in [5.74, 6) is 0.917. The van der Waals surface area contributed by atoms with Gasteiger partial charge in [-0.1, -0.05) is 5.16 Å². The van der Waals surface area contributed by atoms with Crippen molar-refractivity contribution in [3.05, 3.63) is 52.1 Å². The highest BCUT2D eigenvalue weighted by Gasteiger charge is 2.28. The molecule has 1 amide bonds. The molecule has 0 aromatic carbocycles. The van der Waals surface area contributed by atoms with Crippen LogP contribution >= 0.6 is 11.3 Å². The van der Waals surface area contributed by atoms with Crippen LogP contribution in [0.3, 0.4) is 0 Å². The zero-order chi connectivity index (χ0) is 18.8. The topological polar surface area (TPSA) is 80.9 Å². The molecule has 3 aromatic heterocycles. The number of fused-ring (bicyclic) bond motifs is 1. The zero-order valence-electron chi connectivity index (χ0n) is 15.5. The molecule has 1 aliphatic carbocycles. The first-order valence-corrected chi connectivity index (χ1v) is 10.0. The fraction of sp³-hybridized carbons (Fsp3) is 0.400. The molecule has 0 bridgehead atoms. The largest absolute Gasteiger partial charge is 0.361 e. The second-order valence-electron chi connectivity index (χ2n) is 6.92. The van der Waals surface area contributed by atoms with Crippen LogP contribution in [0.2, 0.25) is 0 Å². The van der Waals surface area contributed by atoms with E-state index in [9.17, 15) is 4.79 Å². The molecule has 1 N–H and O–H groups in total. The van der Waals surface area contributed by atoms with Gasteiger partial charge in [-0.2, -0.15) is 0 Å². The van der Waals surface area contributed by atoms with Crippen LogP contribution in [0.1, 0.15) is 34.0 Å². The summed E-state index contributed by atoms with van der Waals surface area (Å²) >= 11 is 1.70. The number of aromatic nitrogens is 3. The van der Waals surface area contributed by atoms with Gasteiger partial charge in [-0.25, -0.2) is 4.98 Å². The Morgan fingerprint density at radius 2 is 2.15 bits per heavy atom. The molecule has 3 aromatic rings. The van der Waals surface area contributed by atoms with Crippen molar-refractivity contribution in [2.45, 2.75) is 39.5 Å². The number of thiazole rings is 1. The number of carbonyl (C=O) groups is 1. The van der Waals surface area contributed by atoms with Gasteiger partial charge in [0.15, 0.2) is 0 Å². The van der Waals surface area contributed by atoms with Gasteiger partial charge in [-0.3, -0.25) is 9.78 Å². The maximum atomic E-state index is 12.6. The van der Waals surface area contributed by atoms with Gasteiger partial charge in [0.1, 0.15) is 10.8 Å². The molecule has 6 nitrogen and oxygen atoms in total. The Bertz CT molecular complexity index is 929. The van der Waals surface area contributed by atoms with Crippen LogP contribution in [0, 0.1) is 19.8 Å². The van der Waals surface area contributed by atoms with Crippen molar-refractivity contribution in [1.29, 1.82) is 0 Å². The molecule has 1 atom stereocenters. The number of hydrogen-bond donors (Lipinski definition) is 1. The van der Waals surface area contributed by atoms with Gasteiger partial charge in [-0.15, -0.1) is 11.3 Å². The molecule has 0 spiro atoms. The summed E-state index contributed by atoms with van der Waals surface area (Å²) in [6.07, 6.45) is 6.85. The molecule has 140 valence electrons. The Kier molecular flexibility index (Phi) is 5.03. The molecule has 3 heterocycles. The third-order valence-corrected chi connectivity index (χ3v) is 6.19. The highest BCUT2D eigenvalue weighted by Crippen LogP contribution is 2.36. The van der Waals surface area contributed by atoms with Gasteiger partial charge in [0.05, 0.1) is 17.0 Å². The summed E-state index contributed by atoms with van der Waals surface area (Å²) in [5, 5.41) is 8.05. The van der Waals surface area contributed by atoms with E-state index in [1.54, 1.807) is 23.7 Å². The number of carbonyl (C=O) groups excluding carboxylic acids is 1. The monoisotopic (exact) mass is 382 g/mol. The quantitative estimate of drug-likeness (QED) is 0.732. The summed E-state index contributed by atoms with van der Waals surface area (Å²) in [6.45, 7) is 4.49. The number of nitrogens with one attached hydrogen (secondary N) is 1. The molecule has 0 saturated carbocycles. The Hall–Kier alpha value is -2.54. The summed E-state index contributed by atoms with van der Waals surface area (Å²) in [5.41, 5.74) is 4.09. The second-order valence-corrected chi connectivity index (χ2v) is 8.01. The number of amides is 1. The van der Waals surface area contributed by atoms with E-state index < -0.39 is 0 Å². The molecular formula is C20H22N4O2S. The van der Waals surface area contributed by atoms with Gasteiger partial charge in [0, 0.05) is 36.2 Å². The maximum Gasteiger partial charge on any atom is 0.223 e. The van der Waals surface area contributed by atoms with Crippen molar-refractivity contribution in [3.8, 4) is 10.6 Å². The van der Waals surface area contributed by atoms with Crippen LogP contribution in [0.15, 0.2) is 29.0 Å². The summed E-state index contributed by atoms with van der Waals surface area (Å²) in [7, 11) is 0. The normalized spacial score (nSPS) is 16.1. The van der Waals surface area contributed by atoms with Gasteiger partial charge in [0.25, 0.3) is 0 Å². The van der Waals surface area contributed by atoms with Crippen LogP contribution in [0.4, 0.5) is 0 Å².